The molecule has 0 saturated carbocycles. The molecule has 1 heterocycles. The molecule has 0 unspecified atom stereocenters. The number of carbonyl (C=O) groups excluding carboxylic acids is 1. The van der Waals surface area contributed by atoms with E-state index in [0.29, 0.717) is 0 Å². The Balaban J connectivity index is 2.93. The summed E-state index contributed by atoms with van der Waals surface area (Å²) in [6.07, 6.45) is 9.78. The Kier molecular flexibility index (Phi) is 6.53. The lowest BCUT2D eigenvalue weighted by atomic mass is 9.72. The highest BCUT2D eigenvalue weighted by Gasteiger charge is 2.47. The largest absolute Gasteiger partial charge is 0.272 e. The van der Waals surface area contributed by atoms with Gasteiger partial charge in [0.1, 0.15) is 0 Å². The van der Waals surface area contributed by atoms with Crippen molar-refractivity contribution in [3.05, 3.63) is 0 Å². The molecular formula is C16H30N2O. The number of hydrogen-bond donors (Lipinski definition) is 0. The molecule has 0 saturated heterocycles. The number of carbonyl (C=O) groups is 1. The third kappa shape index (κ3) is 3.58. The maximum Gasteiger partial charge on any atom is 0.254 e. The van der Waals surface area contributed by atoms with Crippen LogP contribution >= 0.6 is 0 Å². The van der Waals surface area contributed by atoms with Crippen molar-refractivity contribution in [3.8, 4) is 0 Å². The van der Waals surface area contributed by atoms with Gasteiger partial charge in [-0.3, -0.25) is 4.79 Å². The van der Waals surface area contributed by atoms with Gasteiger partial charge in [-0.2, -0.15) is 5.10 Å². The summed E-state index contributed by atoms with van der Waals surface area (Å²) in [5, 5.41) is 6.16. The highest BCUT2D eigenvalue weighted by Crippen LogP contribution is 2.40. The van der Waals surface area contributed by atoms with Gasteiger partial charge in [0.2, 0.25) is 0 Å². The molecule has 19 heavy (non-hydrogen) atoms. The Morgan fingerprint density at radius 2 is 1.53 bits per heavy atom. The molecule has 0 fully saturated rings. The summed E-state index contributed by atoms with van der Waals surface area (Å²) in [7, 11) is 1.81. The van der Waals surface area contributed by atoms with Crippen LogP contribution in [-0.4, -0.2) is 23.7 Å². The molecule has 110 valence electrons. The van der Waals surface area contributed by atoms with Gasteiger partial charge in [-0.25, -0.2) is 5.01 Å². The summed E-state index contributed by atoms with van der Waals surface area (Å²) in [5.74, 6) is 0.237. The van der Waals surface area contributed by atoms with Gasteiger partial charge in [-0.15, -0.1) is 0 Å². The fourth-order valence-electron chi connectivity index (χ4n) is 2.97. The van der Waals surface area contributed by atoms with Gasteiger partial charge in [0, 0.05) is 7.05 Å². The molecule has 0 aliphatic carbocycles. The van der Waals surface area contributed by atoms with E-state index in [2.05, 4.69) is 25.9 Å². The van der Waals surface area contributed by atoms with Gasteiger partial charge in [0.15, 0.2) is 0 Å². The van der Waals surface area contributed by atoms with E-state index in [1.54, 1.807) is 5.01 Å². The Bertz CT molecular complexity index is 315. The Morgan fingerprint density at radius 3 is 2.00 bits per heavy atom. The van der Waals surface area contributed by atoms with E-state index in [0.717, 1.165) is 63.5 Å². The zero-order valence-electron chi connectivity index (χ0n) is 13.2. The van der Waals surface area contributed by atoms with Crippen LogP contribution in [0.4, 0.5) is 0 Å². The van der Waals surface area contributed by atoms with E-state index in [9.17, 15) is 4.79 Å². The standard InChI is InChI=1S/C16H30N2O/c1-5-8-11-14-16(12-9-6-2,13-10-7-3)15(19)18(4)17-14/h5-13H2,1-4H3. The quantitative estimate of drug-likeness (QED) is 0.610. The zero-order chi connectivity index (χ0) is 14.3. The molecule has 3 nitrogen and oxygen atoms in total. The van der Waals surface area contributed by atoms with Gasteiger partial charge in [-0.1, -0.05) is 52.9 Å². The number of hydrogen-bond acceptors (Lipinski definition) is 2. The van der Waals surface area contributed by atoms with Crippen LogP contribution in [0.5, 0.6) is 0 Å². The smallest absolute Gasteiger partial charge is 0.254 e. The second kappa shape index (κ2) is 7.66. The van der Waals surface area contributed by atoms with Crippen molar-refractivity contribution >= 4 is 11.6 Å². The number of nitrogens with zero attached hydrogens (tertiary/aromatic N) is 2. The summed E-state index contributed by atoms with van der Waals surface area (Å²) >= 11 is 0. The van der Waals surface area contributed by atoms with E-state index in [1.807, 2.05) is 7.05 Å². The summed E-state index contributed by atoms with van der Waals surface area (Å²) in [6.45, 7) is 6.58. The van der Waals surface area contributed by atoms with E-state index in [4.69, 9.17) is 0 Å². The second-order valence-corrected chi connectivity index (χ2v) is 5.77. The topological polar surface area (TPSA) is 32.7 Å². The van der Waals surface area contributed by atoms with Crippen LogP contribution in [0.1, 0.15) is 78.6 Å². The molecule has 0 radical (unpaired) electrons. The SMILES string of the molecule is CCCCC1=NN(C)C(=O)C1(CCCC)CCCC. The molecular weight excluding hydrogens is 236 g/mol. The summed E-state index contributed by atoms with van der Waals surface area (Å²) < 4.78 is 0. The lowest BCUT2D eigenvalue weighted by Gasteiger charge is -2.29. The maximum absolute atomic E-state index is 12.6. The normalized spacial score (nSPS) is 18.0. The zero-order valence-corrected chi connectivity index (χ0v) is 13.2. The van der Waals surface area contributed by atoms with E-state index in [1.165, 1.54) is 0 Å². The van der Waals surface area contributed by atoms with Gasteiger partial charge in [0.05, 0.1) is 11.1 Å². The van der Waals surface area contributed by atoms with E-state index < -0.39 is 0 Å². The first-order valence-electron chi connectivity index (χ1n) is 7.98. The molecule has 1 aliphatic rings. The number of amides is 1. The van der Waals surface area contributed by atoms with Gasteiger partial charge >= 0.3 is 0 Å². The molecule has 1 aliphatic heterocycles. The Morgan fingerprint density at radius 1 is 1.00 bits per heavy atom. The molecule has 0 spiro atoms. The molecule has 1 amide bonds. The van der Waals surface area contributed by atoms with Crippen molar-refractivity contribution in [3.63, 3.8) is 0 Å². The van der Waals surface area contributed by atoms with Crippen LogP contribution in [0, 0.1) is 5.41 Å². The van der Waals surface area contributed by atoms with Crippen molar-refractivity contribution in [2.24, 2.45) is 10.5 Å². The van der Waals surface area contributed by atoms with Crippen LogP contribution in [0.3, 0.4) is 0 Å². The monoisotopic (exact) mass is 266 g/mol. The van der Waals surface area contributed by atoms with Crippen LogP contribution < -0.4 is 0 Å². The van der Waals surface area contributed by atoms with E-state index in [-0.39, 0.29) is 11.3 Å². The predicted octanol–water partition coefficient (Wildman–Crippen LogP) is 4.37. The van der Waals surface area contributed by atoms with Crippen LogP contribution in [-0.2, 0) is 4.79 Å². The van der Waals surface area contributed by atoms with E-state index >= 15 is 0 Å². The lowest BCUT2D eigenvalue weighted by molar-refractivity contribution is -0.135. The first-order chi connectivity index (χ1) is 9.12. The van der Waals surface area contributed by atoms with Crippen molar-refractivity contribution in [2.45, 2.75) is 78.6 Å². The van der Waals surface area contributed by atoms with Crippen molar-refractivity contribution in [1.82, 2.24) is 5.01 Å². The highest BCUT2D eigenvalue weighted by atomic mass is 16.2. The summed E-state index contributed by atoms with van der Waals surface area (Å²) in [5.41, 5.74) is 0.888. The minimum atomic E-state index is -0.268. The van der Waals surface area contributed by atoms with Crippen molar-refractivity contribution in [1.29, 1.82) is 0 Å². The molecule has 0 aromatic heterocycles. The lowest BCUT2D eigenvalue weighted by Crippen LogP contribution is -2.39. The maximum atomic E-state index is 12.6. The fraction of sp³-hybridized carbons (Fsp3) is 0.875. The van der Waals surface area contributed by atoms with Crippen LogP contribution in [0.15, 0.2) is 5.10 Å². The molecule has 3 heteroatoms. The molecule has 0 aromatic rings. The molecule has 0 atom stereocenters. The molecule has 0 aromatic carbocycles. The summed E-state index contributed by atoms with van der Waals surface area (Å²) in [4.78, 5) is 12.6. The second-order valence-electron chi connectivity index (χ2n) is 5.77. The minimum absolute atomic E-state index is 0.237. The summed E-state index contributed by atoms with van der Waals surface area (Å²) in [6, 6.07) is 0. The minimum Gasteiger partial charge on any atom is -0.272 e. The number of rotatable bonds is 9. The molecule has 1 rings (SSSR count). The molecule has 0 bridgehead atoms. The average Bonchev–Trinajstić information content (AvgIpc) is 2.65. The molecule has 0 N–H and O–H groups in total. The van der Waals surface area contributed by atoms with Gasteiger partial charge in [0.25, 0.3) is 5.91 Å². The number of unbranched alkanes of at least 4 members (excludes halogenated alkanes) is 3. The van der Waals surface area contributed by atoms with Crippen molar-refractivity contribution in [2.75, 3.05) is 7.05 Å². The third-order valence-electron chi connectivity index (χ3n) is 4.21. The average molecular weight is 266 g/mol. The first-order valence-corrected chi connectivity index (χ1v) is 7.98. The highest BCUT2D eigenvalue weighted by molar-refractivity contribution is 6.12. The number of hydrazone groups is 1. The van der Waals surface area contributed by atoms with Crippen LogP contribution in [0.2, 0.25) is 0 Å². The third-order valence-corrected chi connectivity index (χ3v) is 4.21. The van der Waals surface area contributed by atoms with Gasteiger partial charge < -0.3 is 0 Å². The Hall–Kier alpha value is -0.860. The van der Waals surface area contributed by atoms with Crippen LogP contribution in [0.25, 0.3) is 0 Å². The Labute approximate surface area is 118 Å². The van der Waals surface area contributed by atoms with Gasteiger partial charge in [-0.05, 0) is 25.7 Å². The fourth-order valence-corrected chi connectivity index (χ4v) is 2.97. The predicted molar refractivity (Wildman–Crippen MR) is 81.2 cm³/mol. The first kappa shape index (κ1) is 16.2. The van der Waals surface area contributed by atoms with Crippen molar-refractivity contribution < 1.29 is 4.79 Å².